The third-order valence-electron chi connectivity index (χ3n) is 4.92. The highest BCUT2D eigenvalue weighted by molar-refractivity contribution is 6.33. The van der Waals surface area contributed by atoms with Crippen LogP contribution in [0, 0.1) is 12.3 Å². The topological polar surface area (TPSA) is 74.4 Å². The van der Waals surface area contributed by atoms with Gasteiger partial charge in [-0.3, -0.25) is 4.40 Å². The van der Waals surface area contributed by atoms with Gasteiger partial charge in [-0.1, -0.05) is 18.5 Å². The van der Waals surface area contributed by atoms with Crippen molar-refractivity contribution < 1.29 is 9.47 Å². The van der Waals surface area contributed by atoms with E-state index >= 15 is 0 Å². The number of rotatable bonds is 4. The Morgan fingerprint density at radius 3 is 2.86 bits per heavy atom. The Labute approximate surface area is 166 Å². The van der Waals surface area contributed by atoms with Crippen molar-refractivity contribution in [3.05, 3.63) is 47.2 Å². The van der Waals surface area contributed by atoms with Crippen molar-refractivity contribution in [2.24, 2.45) is 5.41 Å². The number of nitrogens with zero attached hydrogens (tertiary/aromatic N) is 5. The van der Waals surface area contributed by atoms with E-state index in [0.29, 0.717) is 42.0 Å². The average Bonchev–Trinajstić information content (AvgIpc) is 3.12. The van der Waals surface area contributed by atoms with Gasteiger partial charge in [0.25, 0.3) is 0 Å². The van der Waals surface area contributed by atoms with Crippen molar-refractivity contribution in [1.82, 2.24) is 24.6 Å². The number of hydrogen-bond acceptors (Lipinski definition) is 6. The van der Waals surface area contributed by atoms with E-state index in [2.05, 4.69) is 27.1 Å². The molecule has 1 aliphatic rings. The maximum Gasteiger partial charge on any atom is 0.184 e. The highest BCUT2D eigenvalue weighted by Gasteiger charge is 2.34. The van der Waals surface area contributed by atoms with Crippen molar-refractivity contribution in [2.45, 2.75) is 13.8 Å². The quantitative estimate of drug-likeness (QED) is 0.524. The van der Waals surface area contributed by atoms with Gasteiger partial charge >= 0.3 is 0 Å². The molecule has 0 bridgehead atoms. The maximum absolute atomic E-state index is 6.51. The summed E-state index contributed by atoms with van der Waals surface area (Å²) in [5.41, 5.74) is 3.69. The van der Waals surface area contributed by atoms with Crippen molar-refractivity contribution in [2.75, 3.05) is 19.8 Å². The van der Waals surface area contributed by atoms with Crippen molar-refractivity contribution in [3.8, 4) is 17.1 Å². The third-order valence-corrected chi connectivity index (χ3v) is 5.25. The van der Waals surface area contributed by atoms with Crippen molar-refractivity contribution >= 4 is 28.4 Å². The molecule has 7 nitrogen and oxygen atoms in total. The van der Waals surface area contributed by atoms with Crippen molar-refractivity contribution in [3.63, 3.8) is 0 Å². The first-order valence-electron chi connectivity index (χ1n) is 9.01. The van der Waals surface area contributed by atoms with Gasteiger partial charge < -0.3 is 9.47 Å². The number of aromatic nitrogens is 5. The van der Waals surface area contributed by atoms with Crippen LogP contribution >= 0.6 is 11.6 Å². The smallest absolute Gasteiger partial charge is 0.184 e. The molecule has 5 rings (SSSR count). The lowest BCUT2D eigenvalue weighted by Gasteiger charge is -2.37. The van der Waals surface area contributed by atoms with Crippen LogP contribution in [0.25, 0.3) is 28.2 Å². The van der Waals surface area contributed by atoms with Crippen LogP contribution in [0.5, 0.6) is 5.75 Å². The van der Waals surface area contributed by atoms with Gasteiger partial charge in [0.1, 0.15) is 11.3 Å². The lowest BCUT2D eigenvalue weighted by atomic mass is 9.90. The van der Waals surface area contributed by atoms with Gasteiger partial charge in [0.2, 0.25) is 0 Å². The van der Waals surface area contributed by atoms with Gasteiger partial charge in [-0.25, -0.2) is 9.97 Å². The molecule has 0 unspecified atom stereocenters. The normalized spacial score (nSPS) is 15.7. The molecule has 0 spiro atoms. The van der Waals surface area contributed by atoms with Gasteiger partial charge in [0.15, 0.2) is 17.1 Å². The molecule has 0 atom stereocenters. The zero-order valence-corrected chi connectivity index (χ0v) is 16.3. The summed E-state index contributed by atoms with van der Waals surface area (Å²) in [6.07, 6.45) is 1.73. The van der Waals surface area contributed by atoms with Gasteiger partial charge in [0.05, 0.1) is 30.5 Å². The first-order chi connectivity index (χ1) is 13.5. The molecule has 4 heterocycles. The van der Waals surface area contributed by atoms with E-state index in [-0.39, 0.29) is 5.41 Å². The fourth-order valence-corrected chi connectivity index (χ4v) is 3.53. The molecule has 0 aliphatic carbocycles. The molecule has 0 N–H and O–H groups in total. The minimum atomic E-state index is 0.0598. The van der Waals surface area contributed by atoms with Gasteiger partial charge in [-0.2, -0.15) is 0 Å². The second kappa shape index (κ2) is 6.39. The van der Waals surface area contributed by atoms with Gasteiger partial charge in [-0.05, 0) is 37.3 Å². The van der Waals surface area contributed by atoms with Crippen LogP contribution in [0.2, 0.25) is 5.02 Å². The lowest BCUT2D eigenvalue weighted by molar-refractivity contribution is -0.120. The largest absolute Gasteiger partial charge is 0.493 e. The molecule has 1 aromatic carbocycles. The van der Waals surface area contributed by atoms with Gasteiger partial charge in [-0.15, -0.1) is 10.2 Å². The highest BCUT2D eigenvalue weighted by atomic mass is 35.5. The molecule has 1 saturated heterocycles. The minimum Gasteiger partial charge on any atom is -0.493 e. The predicted molar refractivity (Wildman–Crippen MR) is 106 cm³/mol. The molecular weight excluding hydrogens is 378 g/mol. The predicted octanol–water partition coefficient (Wildman–Crippen LogP) is 3.72. The Hall–Kier alpha value is -2.77. The second-order valence-electron chi connectivity index (χ2n) is 7.46. The summed E-state index contributed by atoms with van der Waals surface area (Å²) in [6, 6.07) is 9.35. The number of pyridine rings is 1. The number of ether oxygens (including phenoxy) is 2. The monoisotopic (exact) mass is 395 g/mol. The van der Waals surface area contributed by atoms with E-state index in [9.17, 15) is 0 Å². The average molecular weight is 396 g/mol. The Bertz CT molecular complexity index is 1200. The second-order valence-corrected chi connectivity index (χ2v) is 7.87. The van der Waals surface area contributed by atoms with E-state index in [1.807, 2.05) is 41.7 Å². The van der Waals surface area contributed by atoms with E-state index in [1.54, 1.807) is 6.20 Å². The summed E-state index contributed by atoms with van der Waals surface area (Å²) >= 11 is 6.51. The summed E-state index contributed by atoms with van der Waals surface area (Å²) in [5, 5.41) is 9.27. The molecular formula is C20H18ClN5O2. The Morgan fingerprint density at radius 2 is 2.07 bits per heavy atom. The van der Waals surface area contributed by atoms with Crippen LogP contribution in [-0.2, 0) is 4.74 Å². The zero-order valence-electron chi connectivity index (χ0n) is 15.5. The van der Waals surface area contributed by atoms with Crippen LogP contribution in [0.15, 0.2) is 36.5 Å². The van der Waals surface area contributed by atoms with E-state index in [1.165, 1.54) is 0 Å². The third kappa shape index (κ3) is 2.78. The Morgan fingerprint density at radius 1 is 1.21 bits per heavy atom. The van der Waals surface area contributed by atoms with Crippen molar-refractivity contribution in [1.29, 1.82) is 0 Å². The molecule has 28 heavy (non-hydrogen) atoms. The van der Waals surface area contributed by atoms with Gasteiger partial charge in [0, 0.05) is 17.2 Å². The van der Waals surface area contributed by atoms with Crippen LogP contribution in [-0.4, -0.2) is 44.4 Å². The summed E-state index contributed by atoms with van der Waals surface area (Å²) in [5.74, 6) is 1.34. The molecule has 4 aromatic rings. The fourth-order valence-electron chi connectivity index (χ4n) is 3.33. The lowest BCUT2D eigenvalue weighted by Crippen LogP contribution is -2.44. The number of fused-ring (bicyclic) bond motifs is 3. The van der Waals surface area contributed by atoms with E-state index in [0.717, 1.165) is 22.5 Å². The van der Waals surface area contributed by atoms with E-state index < -0.39 is 0 Å². The summed E-state index contributed by atoms with van der Waals surface area (Å²) in [4.78, 5) is 9.05. The van der Waals surface area contributed by atoms with E-state index in [4.69, 9.17) is 21.1 Å². The number of aryl methyl sites for hydroxylation is 1. The summed E-state index contributed by atoms with van der Waals surface area (Å²) in [6.45, 7) is 6.07. The minimum absolute atomic E-state index is 0.0598. The highest BCUT2D eigenvalue weighted by Crippen LogP contribution is 2.33. The molecule has 3 aromatic heterocycles. The van der Waals surface area contributed by atoms with Crippen LogP contribution in [0.4, 0.5) is 0 Å². The molecule has 0 amide bonds. The number of hydrogen-bond donors (Lipinski definition) is 0. The molecule has 142 valence electrons. The first-order valence-corrected chi connectivity index (χ1v) is 9.39. The SMILES string of the molecule is Cc1nc2cccnc2n2c(-c3cc(OCC4(C)COC4)ccc3Cl)nnc12. The Kier molecular flexibility index (Phi) is 3.96. The fraction of sp³-hybridized carbons (Fsp3) is 0.300. The summed E-state index contributed by atoms with van der Waals surface area (Å²) < 4.78 is 13.2. The number of halogens is 1. The summed E-state index contributed by atoms with van der Waals surface area (Å²) in [7, 11) is 0. The molecule has 0 radical (unpaired) electrons. The van der Waals surface area contributed by atoms with Crippen LogP contribution in [0.3, 0.4) is 0 Å². The number of benzene rings is 1. The Balaban J connectivity index is 1.62. The standard InChI is InChI=1S/C20H18ClN5O2/c1-12-17-24-25-18(26(17)19-16(23-12)4-3-7-22-19)14-8-13(5-6-15(14)21)28-11-20(2)9-27-10-20/h3-8H,9-11H2,1-2H3. The van der Waals surface area contributed by atoms with Crippen LogP contribution < -0.4 is 4.74 Å². The molecule has 0 saturated carbocycles. The first kappa shape index (κ1) is 17.3. The molecule has 1 fully saturated rings. The molecule has 8 heteroatoms. The maximum atomic E-state index is 6.51. The zero-order chi connectivity index (χ0) is 19.3. The van der Waals surface area contributed by atoms with Crippen LogP contribution in [0.1, 0.15) is 12.6 Å². The molecule has 1 aliphatic heterocycles.